The summed E-state index contributed by atoms with van der Waals surface area (Å²) in [5.74, 6) is 0.604. The number of hydrogen-bond acceptors (Lipinski definition) is 3. The molecule has 3 nitrogen and oxygen atoms in total. The molecule has 0 radical (unpaired) electrons. The molecule has 1 aromatic heterocycles. The van der Waals surface area contributed by atoms with Crippen molar-refractivity contribution in [1.29, 1.82) is 0 Å². The number of furan rings is 1. The van der Waals surface area contributed by atoms with Gasteiger partial charge >= 0.3 is 0 Å². The summed E-state index contributed by atoms with van der Waals surface area (Å²) in [5.41, 5.74) is 0. The number of hydrogen-bond donors (Lipinski definition) is 2. The van der Waals surface area contributed by atoms with E-state index in [1.165, 1.54) is 0 Å². The number of rotatable bonds is 3. The predicted molar refractivity (Wildman–Crippen MR) is 42.2 cm³/mol. The van der Waals surface area contributed by atoms with Gasteiger partial charge in [0.15, 0.2) is 0 Å². The highest BCUT2D eigenvalue weighted by Crippen LogP contribution is 2.15. The molecular weight excluding hydrogens is 142 g/mol. The minimum absolute atomic E-state index is 0.0150. The standard InChI is InChI=1S/C8H13NO2/c1-6(9-2)8(10)7-4-3-5-11-7/h3-6,8-10H,1-2H3. The predicted octanol–water partition coefficient (Wildman–Crippen LogP) is 0.921. The fraction of sp³-hybridized carbons (Fsp3) is 0.500. The summed E-state index contributed by atoms with van der Waals surface area (Å²) in [6.45, 7) is 1.90. The molecule has 3 heteroatoms. The number of nitrogens with one attached hydrogen (secondary N) is 1. The third-order valence-corrected chi connectivity index (χ3v) is 1.76. The third kappa shape index (κ3) is 1.82. The van der Waals surface area contributed by atoms with Gasteiger partial charge in [-0.15, -0.1) is 0 Å². The van der Waals surface area contributed by atoms with E-state index in [1.54, 1.807) is 25.4 Å². The molecule has 0 saturated heterocycles. The van der Waals surface area contributed by atoms with Gasteiger partial charge in [0, 0.05) is 6.04 Å². The summed E-state index contributed by atoms with van der Waals surface area (Å²) < 4.78 is 5.03. The summed E-state index contributed by atoms with van der Waals surface area (Å²) in [7, 11) is 1.80. The van der Waals surface area contributed by atoms with Gasteiger partial charge < -0.3 is 14.8 Å². The van der Waals surface area contributed by atoms with E-state index >= 15 is 0 Å². The molecular formula is C8H13NO2. The summed E-state index contributed by atoms with van der Waals surface area (Å²) in [5, 5.41) is 12.5. The molecule has 11 heavy (non-hydrogen) atoms. The van der Waals surface area contributed by atoms with Crippen LogP contribution in [0.3, 0.4) is 0 Å². The van der Waals surface area contributed by atoms with Crippen LogP contribution in [-0.4, -0.2) is 18.2 Å². The summed E-state index contributed by atoms with van der Waals surface area (Å²) in [6, 6.07) is 3.54. The van der Waals surface area contributed by atoms with Crippen LogP contribution in [0.4, 0.5) is 0 Å². The van der Waals surface area contributed by atoms with Crippen LogP contribution in [0.15, 0.2) is 22.8 Å². The smallest absolute Gasteiger partial charge is 0.133 e. The van der Waals surface area contributed by atoms with Crippen LogP contribution < -0.4 is 5.32 Å². The first-order valence-corrected chi connectivity index (χ1v) is 3.64. The molecule has 0 aliphatic carbocycles. The molecule has 0 aliphatic rings. The van der Waals surface area contributed by atoms with Crippen LogP contribution >= 0.6 is 0 Å². The van der Waals surface area contributed by atoms with Gasteiger partial charge in [0.25, 0.3) is 0 Å². The maximum atomic E-state index is 9.52. The number of aliphatic hydroxyl groups is 1. The third-order valence-electron chi connectivity index (χ3n) is 1.76. The topological polar surface area (TPSA) is 45.4 Å². The van der Waals surface area contributed by atoms with E-state index in [-0.39, 0.29) is 6.04 Å². The quantitative estimate of drug-likeness (QED) is 0.682. The van der Waals surface area contributed by atoms with Crippen molar-refractivity contribution >= 4 is 0 Å². The van der Waals surface area contributed by atoms with Crippen molar-refractivity contribution in [3.05, 3.63) is 24.2 Å². The van der Waals surface area contributed by atoms with E-state index in [0.717, 1.165) is 0 Å². The van der Waals surface area contributed by atoms with Crippen LogP contribution in [0.25, 0.3) is 0 Å². The van der Waals surface area contributed by atoms with Crippen molar-refractivity contribution in [1.82, 2.24) is 5.32 Å². The minimum atomic E-state index is -0.560. The molecule has 1 rings (SSSR count). The van der Waals surface area contributed by atoms with E-state index in [1.807, 2.05) is 6.92 Å². The molecule has 0 amide bonds. The number of aliphatic hydroxyl groups excluding tert-OH is 1. The van der Waals surface area contributed by atoms with Crippen molar-refractivity contribution in [3.8, 4) is 0 Å². The lowest BCUT2D eigenvalue weighted by Crippen LogP contribution is -2.28. The fourth-order valence-corrected chi connectivity index (χ4v) is 0.864. The van der Waals surface area contributed by atoms with Gasteiger partial charge in [0.1, 0.15) is 11.9 Å². The molecule has 0 spiro atoms. The van der Waals surface area contributed by atoms with Gasteiger partial charge in [-0.1, -0.05) is 0 Å². The Kier molecular flexibility index (Phi) is 2.68. The average molecular weight is 155 g/mol. The highest BCUT2D eigenvalue weighted by atomic mass is 16.4. The molecule has 0 aliphatic heterocycles. The molecule has 0 saturated carbocycles. The highest BCUT2D eigenvalue weighted by molar-refractivity contribution is 5.03. The lowest BCUT2D eigenvalue weighted by molar-refractivity contribution is 0.115. The number of likely N-dealkylation sites (N-methyl/N-ethyl adjacent to an activating group) is 1. The molecule has 1 aromatic rings. The molecule has 2 unspecified atom stereocenters. The SMILES string of the molecule is CNC(C)C(O)c1ccco1. The summed E-state index contributed by atoms with van der Waals surface area (Å²) in [6.07, 6.45) is 0.996. The minimum Gasteiger partial charge on any atom is -0.467 e. The maximum Gasteiger partial charge on any atom is 0.133 e. The van der Waals surface area contributed by atoms with E-state index in [0.29, 0.717) is 5.76 Å². The highest BCUT2D eigenvalue weighted by Gasteiger charge is 2.16. The van der Waals surface area contributed by atoms with Crippen LogP contribution in [0.2, 0.25) is 0 Å². The van der Waals surface area contributed by atoms with Crippen LogP contribution in [0.1, 0.15) is 18.8 Å². The van der Waals surface area contributed by atoms with Gasteiger partial charge in [0.2, 0.25) is 0 Å². The van der Waals surface area contributed by atoms with E-state index in [4.69, 9.17) is 4.42 Å². The maximum absolute atomic E-state index is 9.52. The molecule has 0 fully saturated rings. The van der Waals surface area contributed by atoms with E-state index < -0.39 is 6.10 Å². The zero-order chi connectivity index (χ0) is 8.27. The molecule has 0 aromatic carbocycles. The lowest BCUT2D eigenvalue weighted by Gasteiger charge is -2.15. The Hall–Kier alpha value is -0.800. The second-order valence-electron chi connectivity index (χ2n) is 2.54. The Bertz CT molecular complexity index is 196. The van der Waals surface area contributed by atoms with Crippen molar-refractivity contribution < 1.29 is 9.52 Å². The second kappa shape index (κ2) is 3.55. The first kappa shape index (κ1) is 8.30. The van der Waals surface area contributed by atoms with E-state index in [2.05, 4.69) is 5.32 Å². The monoisotopic (exact) mass is 155 g/mol. The summed E-state index contributed by atoms with van der Waals surface area (Å²) >= 11 is 0. The zero-order valence-electron chi connectivity index (χ0n) is 6.74. The Morgan fingerprint density at radius 1 is 1.64 bits per heavy atom. The van der Waals surface area contributed by atoms with Gasteiger partial charge in [0.05, 0.1) is 6.26 Å². The van der Waals surface area contributed by atoms with Gasteiger partial charge in [-0.25, -0.2) is 0 Å². The lowest BCUT2D eigenvalue weighted by atomic mass is 10.1. The van der Waals surface area contributed by atoms with Crippen molar-refractivity contribution in [2.75, 3.05) is 7.05 Å². The van der Waals surface area contributed by atoms with E-state index in [9.17, 15) is 5.11 Å². The Balaban J connectivity index is 2.62. The van der Waals surface area contributed by atoms with Gasteiger partial charge in [-0.05, 0) is 26.1 Å². The van der Waals surface area contributed by atoms with Gasteiger partial charge in [-0.2, -0.15) is 0 Å². The molecule has 2 atom stereocenters. The second-order valence-corrected chi connectivity index (χ2v) is 2.54. The average Bonchev–Trinajstić information content (AvgIpc) is 2.53. The van der Waals surface area contributed by atoms with Crippen LogP contribution in [0, 0.1) is 0 Å². The molecule has 62 valence electrons. The molecule has 1 heterocycles. The zero-order valence-corrected chi connectivity index (χ0v) is 6.74. The Morgan fingerprint density at radius 2 is 2.36 bits per heavy atom. The van der Waals surface area contributed by atoms with Crippen LogP contribution in [0.5, 0.6) is 0 Å². The molecule has 2 N–H and O–H groups in total. The first-order valence-electron chi connectivity index (χ1n) is 3.64. The Morgan fingerprint density at radius 3 is 2.82 bits per heavy atom. The normalized spacial score (nSPS) is 16.3. The largest absolute Gasteiger partial charge is 0.467 e. The van der Waals surface area contributed by atoms with Crippen LogP contribution in [-0.2, 0) is 0 Å². The molecule has 0 bridgehead atoms. The summed E-state index contributed by atoms with van der Waals surface area (Å²) in [4.78, 5) is 0. The Labute approximate surface area is 66.0 Å². The van der Waals surface area contributed by atoms with Crippen molar-refractivity contribution in [2.45, 2.75) is 19.1 Å². The van der Waals surface area contributed by atoms with Gasteiger partial charge in [-0.3, -0.25) is 0 Å². The first-order chi connectivity index (χ1) is 5.25. The van der Waals surface area contributed by atoms with Crippen molar-refractivity contribution in [2.24, 2.45) is 0 Å². The fourth-order valence-electron chi connectivity index (χ4n) is 0.864. The van der Waals surface area contributed by atoms with Crippen molar-refractivity contribution in [3.63, 3.8) is 0 Å².